The summed E-state index contributed by atoms with van der Waals surface area (Å²) in [6, 6.07) is 3.72. The Bertz CT molecular complexity index is 2870. The molecular weight excluding hydrogens is 924 g/mol. The van der Waals surface area contributed by atoms with Gasteiger partial charge in [-0.1, -0.05) is 0 Å². The number of rotatable bonds is 6. The van der Waals surface area contributed by atoms with Gasteiger partial charge in [-0.2, -0.15) is 0 Å². The van der Waals surface area contributed by atoms with E-state index < -0.39 is 193 Å². The van der Waals surface area contributed by atoms with Gasteiger partial charge in [-0.25, -0.2) is 24.0 Å². The van der Waals surface area contributed by atoms with E-state index in [0.29, 0.717) is 42.5 Å². The number of fused-ring (bicyclic) bond motifs is 3. The summed E-state index contributed by atoms with van der Waals surface area (Å²) in [6.45, 7) is -1.29. The van der Waals surface area contributed by atoms with E-state index in [0.717, 1.165) is 0 Å². The van der Waals surface area contributed by atoms with Gasteiger partial charge in [-0.15, -0.1) is 0 Å². The second-order valence-corrected chi connectivity index (χ2v) is 15.1. The lowest BCUT2D eigenvalue weighted by atomic mass is 9.70. The van der Waals surface area contributed by atoms with Gasteiger partial charge >= 0.3 is 35.6 Å². The topological polar surface area (TPSA) is 450 Å². The van der Waals surface area contributed by atoms with Crippen LogP contribution < -0.4 is 4.74 Å². The van der Waals surface area contributed by atoms with E-state index in [1.807, 2.05) is 0 Å². The van der Waals surface area contributed by atoms with Crippen LogP contribution in [-0.2, 0) is 38.0 Å². The first-order valence-corrected chi connectivity index (χ1v) is 19.0. The molecule has 27 nitrogen and oxygen atoms in total. The van der Waals surface area contributed by atoms with Gasteiger partial charge in [0.2, 0.25) is 23.9 Å². The standard InChI is InChI=1S/C41H30O27/c42-15-1-10(2-16(43)26(15)50)34(54)64-30-22-9-62-37(57)13-7-21(48)29(53)31-24(13)25-14(8-23(49)41(61,68-31)40(25,59)60)38(58)65-32(30)33(66-35(55)11-3-17(44)27(51)18(45)4-11)39(63-22)67-36(56)12-5-19(46)28(52)20(47)6-12/h1-8,22,25,30,32-33,39,42-48,50-53,59-61H,9H2/t22-,25+,30-,32-,33-,39-,41+/m1/s1. The van der Waals surface area contributed by atoms with Crippen molar-refractivity contribution >= 4 is 35.6 Å². The fourth-order valence-corrected chi connectivity index (χ4v) is 7.59. The van der Waals surface area contributed by atoms with Crippen molar-refractivity contribution in [3.8, 4) is 69.0 Å². The summed E-state index contributed by atoms with van der Waals surface area (Å²) in [5, 5.41) is 146. The summed E-state index contributed by atoms with van der Waals surface area (Å²) >= 11 is 0. The van der Waals surface area contributed by atoms with Crippen molar-refractivity contribution in [2.24, 2.45) is 0 Å². The molecule has 1 aliphatic carbocycles. The van der Waals surface area contributed by atoms with E-state index >= 15 is 0 Å². The fourth-order valence-electron chi connectivity index (χ4n) is 7.59. The van der Waals surface area contributed by atoms with Gasteiger partial charge in [0.05, 0.1) is 33.7 Å². The highest BCUT2D eigenvalue weighted by Crippen LogP contribution is 2.58. The molecule has 1 saturated heterocycles. The number of carbonyl (C=O) groups excluding carboxylic acids is 6. The third-order valence-corrected chi connectivity index (χ3v) is 10.9. The quantitative estimate of drug-likeness (QED) is 0.0473. The summed E-state index contributed by atoms with van der Waals surface area (Å²) in [6.07, 6.45) is -12.2. The van der Waals surface area contributed by atoms with Crippen LogP contribution in [0.2, 0.25) is 0 Å². The molecule has 3 heterocycles. The number of hydrogen-bond donors (Lipinski definition) is 14. The Labute approximate surface area is 374 Å². The van der Waals surface area contributed by atoms with Crippen LogP contribution in [0.4, 0.5) is 0 Å². The fraction of sp³-hybridized carbons (Fsp3) is 0.220. The number of phenolic OH excluding ortho intramolecular Hbond substituents is 11. The van der Waals surface area contributed by atoms with E-state index in [1.165, 1.54) is 0 Å². The first-order chi connectivity index (χ1) is 31.8. The molecule has 4 bridgehead atoms. The number of hydrogen-bond acceptors (Lipinski definition) is 27. The molecule has 4 aromatic rings. The zero-order valence-corrected chi connectivity index (χ0v) is 33.4. The lowest BCUT2D eigenvalue weighted by Gasteiger charge is -2.50. The predicted octanol–water partition coefficient (Wildman–Crippen LogP) is -1.08. The Hall–Kier alpha value is -8.92. The minimum absolute atomic E-state index is 0.218. The number of esters is 5. The van der Waals surface area contributed by atoms with Crippen LogP contribution in [0, 0.1) is 0 Å². The molecule has 8 rings (SSSR count). The van der Waals surface area contributed by atoms with Crippen LogP contribution in [0.5, 0.6) is 69.0 Å². The number of ether oxygens (including phenoxy) is 7. The van der Waals surface area contributed by atoms with E-state index in [4.69, 9.17) is 33.2 Å². The maximum atomic E-state index is 14.7. The average molecular weight is 955 g/mol. The highest BCUT2D eigenvalue weighted by molar-refractivity contribution is 6.08. The predicted molar refractivity (Wildman–Crippen MR) is 205 cm³/mol. The van der Waals surface area contributed by atoms with Crippen molar-refractivity contribution < 1.29 is 133 Å². The SMILES string of the molecule is O=C1O[C@H]2[C@@H](OC(=O)c3cc(O)c(O)c(O)c3)[C@@H](OC(=O)c3cc(O)c(O)c(O)c3)O[C@H](COC(=O)c3cc(O)c(O)c4c3[C@@H]3C1=CC(=O)[C@](O)(O4)C3(O)O)[C@H]2OC(=O)c1cc(O)c(O)c(O)c1. The zero-order chi connectivity index (χ0) is 49.6. The van der Waals surface area contributed by atoms with Crippen LogP contribution in [0.25, 0.3) is 0 Å². The van der Waals surface area contributed by atoms with E-state index in [-0.39, 0.29) is 6.08 Å². The lowest BCUT2D eigenvalue weighted by molar-refractivity contribution is -0.339. The monoisotopic (exact) mass is 954 g/mol. The molecule has 0 amide bonds. The first-order valence-electron chi connectivity index (χ1n) is 19.0. The molecular formula is C41H30O27. The Morgan fingerprint density at radius 2 is 1.01 bits per heavy atom. The van der Waals surface area contributed by atoms with Gasteiger partial charge in [-0.3, -0.25) is 4.79 Å². The van der Waals surface area contributed by atoms with E-state index in [9.17, 15) is 100 Å². The summed E-state index contributed by atoms with van der Waals surface area (Å²) < 4.78 is 38.6. The van der Waals surface area contributed by atoms with Crippen molar-refractivity contribution in [1.82, 2.24) is 0 Å². The second-order valence-electron chi connectivity index (χ2n) is 15.1. The molecule has 14 N–H and O–H groups in total. The third kappa shape index (κ3) is 7.18. The van der Waals surface area contributed by atoms with Crippen LogP contribution in [0.1, 0.15) is 52.9 Å². The van der Waals surface area contributed by atoms with Crippen LogP contribution in [0.15, 0.2) is 54.1 Å². The largest absolute Gasteiger partial charge is 0.504 e. The van der Waals surface area contributed by atoms with Gasteiger partial charge in [0.15, 0.2) is 75.5 Å². The average Bonchev–Trinajstić information content (AvgIpc) is 3.27. The number of aromatic hydroxyl groups is 11. The van der Waals surface area contributed by atoms with Gasteiger partial charge in [0, 0.05) is 5.56 Å². The maximum Gasteiger partial charge on any atom is 0.340 e. The number of aliphatic hydroxyl groups is 3. The van der Waals surface area contributed by atoms with Crippen LogP contribution in [-0.4, -0.2) is 156 Å². The Kier molecular flexibility index (Phi) is 10.7. The van der Waals surface area contributed by atoms with Crippen molar-refractivity contribution in [2.75, 3.05) is 6.61 Å². The number of benzene rings is 4. The molecule has 4 aliphatic rings. The molecule has 27 heteroatoms. The smallest absolute Gasteiger partial charge is 0.340 e. The highest BCUT2D eigenvalue weighted by Gasteiger charge is 2.70. The molecule has 0 aromatic heterocycles. The van der Waals surface area contributed by atoms with Gasteiger partial charge in [0.25, 0.3) is 5.79 Å². The Morgan fingerprint density at radius 1 is 0.574 bits per heavy atom. The van der Waals surface area contributed by atoms with Gasteiger partial charge in [0.1, 0.15) is 12.7 Å². The lowest BCUT2D eigenvalue weighted by Crippen LogP contribution is -2.70. The minimum Gasteiger partial charge on any atom is -0.504 e. The second kappa shape index (κ2) is 15.9. The summed E-state index contributed by atoms with van der Waals surface area (Å²) in [5.74, 6) is -34.6. The Balaban J connectivity index is 1.33. The van der Waals surface area contributed by atoms with Gasteiger partial charge in [-0.05, 0) is 48.5 Å². The molecule has 0 spiro atoms. The normalized spacial score (nSPS) is 24.6. The summed E-state index contributed by atoms with van der Waals surface area (Å²) in [5.41, 5.74) is -5.58. The highest BCUT2D eigenvalue weighted by atomic mass is 16.7. The maximum absolute atomic E-state index is 14.7. The summed E-state index contributed by atoms with van der Waals surface area (Å²) in [4.78, 5) is 83.7. The van der Waals surface area contributed by atoms with Crippen molar-refractivity contribution in [3.63, 3.8) is 0 Å². The molecule has 0 radical (unpaired) electrons. The number of carbonyl (C=O) groups is 6. The minimum atomic E-state index is -4.01. The molecule has 356 valence electrons. The van der Waals surface area contributed by atoms with Crippen LogP contribution >= 0.6 is 0 Å². The number of cyclic esters (lactones) is 1. The first kappa shape index (κ1) is 45.6. The number of phenols is 11. The molecule has 7 atom stereocenters. The molecule has 0 saturated carbocycles. The van der Waals surface area contributed by atoms with Crippen molar-refractivity contribution in [3.05, 3.63) is 81.9 Å². The van der Waals surface area contributed by atoms with Crippen molar-refractivity contribution in [1.29, 1.82) is 0 Å². The van der Waals surface area contributed by atoms with E-state index in [2.05, 4.69) is 0 Å². The van der Waals surface area contributed by atoms with Gasteiger partial charge < -0.3 is 105 Å². The van der Waals surface area contributed by atoms with Crippen molar-refractivity contribution in [2.45, 2.75) is 48.2 Å². The molecule has 1 fully saturated rings. The van der Waals surface area contributed by atoms with E-state index in [1.54, 1.807) is 0 Å². The molecule has 0 unspecified atom stereocenters. The molecule has 68 heavy (non-hydrogen) atoms. The van der Waals surface area contributed by atoms with Crippen LogP contribution in [0.3, 0.4) is 0 Å². The molecule has 4 aromatic carbocycles. The number of ketones is 1. The Morgan fingerprint density at radius 3 is 1.50 bits per heavy atom. The third-order valence-electron chi connectivity index (χ3n) is 10.9. The molecule has 3 aliphatic heterocycles. The zero-order valence-electron chi connectivity index (χ0n) is 33.4. The summed E-state index contributed by atoms with van der Waals surface area (Å²) in [7, 11) is 0.